The van der Waals surface area contributed by atoms with Crippen LogP contribution in [0.2, 0.25) is 0 Å². The third kappa shape index (κ3) is 2.47. The zero-order valence-electron chi connectivity index (χ0n) is 9.39. The van der Waals surface area contributed by atoms with Crippen LogP contribution < -0.4 is 5.84 Å². The molecule has 7 nitrogen and oxygen atoms in total. The van der Waals surface area contributed by atoms with Gasteiger partial charge in [-0.25, -0.2) is 14.6 Å². The highest BCUT2D eigenvalue weighted by molar-refractivity contribution is 9.10. The lowest BCUT2D eigenvalue weighted by atomic mass is 10.4. The van der Waals surface area contributed by atoms with E-state index in [9.17, 15) is 0 Å². The zero-order valence-corrected chi connectivity index (χ0v) is 11.8. The summed E-state index contributed by atoms with van der Waals surface area (Å²) in [7, 11) is 0. The number of furan rings is 1. The molecule has 0 amide bonds. The molecule has 0 bridgehead atoms. The Morgan fingerprint density at radius 3 is 2.74 bits per heavy atom. The van der Waals surface area contributed by atoms with E-state index in [1.165, 1.54) is 16.4 Å². The van der Waals surface area contributed by atoms with Crippen LogP contribution in [0.4, 0.5) is 0 Å². The standard InChI is InChI=1S/C10H7BrN6OS/c11-6-4-13-9(14-5-6)19-10-16-15-8(17(10)12)7-2-1-3-18-7/h1-5H,12H2. The van der Waals surface area contributed by atoms with Crippen molar-refractivity contribution in [1.29, 1.82) is 0 Å². The molecule has 0 saturated carbocycles. The molecule has 2 N–H and O–H groups in total. The normalized spacial score (nSPS) is 10.8. The SMILES string of the molecule is Nn1c(Sc2ncc(Br)cn2)nnc1-c1ccco1. The Hall–Kier alpha value is -1.87. The van der Waals surface area contributed by atoms with Gasteiger partial charge in [0.15, 0.2) is 10.9 Å². The van der Waals surface area contributed by atoms with Crippen LogP contribution in [0.1, 0.15) is 0 Å². The summed E-state index contributed by atoms with van der Waals surface area (Å²) in [6.07, 6.45) is 4.86. The van der Waals surface area contributed by atoms with Crippen molar-refractivity contribution < 1.29 is 4.42 Å². The van der Waals surface area contributed by atoms with Crippen molar-refractivity contribution in [2.24, 2.45) is 0 Å². The first-order valence-electron chi connectivity index (χ1n) is 5.14. The van der Waals surface area contributed by atoms with Crippen molar-refractivity contribution in [3.8, 4) is 11.6 Å². The molecule has 0 atom stereocenters. The quantitative estimate of drug-likeness (QED) is 0.575. The van der Waals surface area contributed by atoms with E-state index in [-0.39, 0.29) is 0 Å². The molecule has 0 fully saturated rings. The Kier molecular flexibility index (Phi) is 3.22. The van der Waals surface area contributed by atoms with Crippen molar-refractivity contribution in [1.82, 2.24) is 24.8 Å². The number of rotatable bonds is 3. The van der Waals surface area contributed by atoms with Gasteiger partial charge in [-0.3, -0.25) is 0 Å². The Balaban J connectivity index is 1.88. The second-order valence-electron chi connectivity index (χ2n) is 3.44. The van der Waals surface area contributed by atoms with Crippen LogP contribution in [0.5, 0.6) is 0 Å². The minimum absolute atomic E-state index is 0.449. The van der Waals surface area contributed by atoms with E-state index in [0.29, 0.717) is 21.9 Å². The van der Waals surface area contributed by atoms with Gasteiger partial charge in [0, 0.05) is 12.4 Å². The zero-order chi connectivity index (χ0) is 13.2. The number of hydrogen-bond donors (Lipinski definition) is 1. The van der Waals surface area contributed by atoms with Crippen LogP contribution in [0.25, 0.3) is 11.6 Å². The largest absolute Gasteiger partial charge is 0.461 e. The van der Waals surface area contributed by atoms with Crippen LogP contribution in [-0.4, -0.2) is 24.8 Å². The number of aromatic nitrogens is 5. The van der Waals surface area contributed by atoms with Gasteiger partial charge >= 0.3 is 0 Å². The maximum atomic E-state index is 5.92. The van der Waals surface area contributed by atoms with Crippen LogP contribution in [-0.2, 0) is 0 Å². The molecule has 0 aliphatic carbocycles. The van der Waals surface area contributed by atoms with E-state index >= 15 is 0 Å². The number of nitrogens with zero attached hydrogens (tertiary/aromatic N) is 5. The maximum Gasteiger partial charge on any atom is 0.218 e. The number of nitrogen functional groups attached to an aromatic ring is 1. The third-order valence-electron chi connectivity index (χ3n) is 2.19. The lowest BCUT2D eigenvalue weighted by Gasteiger charge is -2.00. The lowest BCUT2D eigenvalue weighted by molar-refractivity contribution is 0.574. The molecule has 3 aromatic rings. The van der Waals surface area contributed by atoms with Gasteiger partial charge in [0.05, 0.1) is 10.7 Å². The summed E-state index contributed by atoms with van der Waals surface area (Å²) in [6, 6.07) is 3.52. The van der Waals surface area contributed by atoms with E-state index in [1.54, 1.807) is 30.8 Å². The summed E-state index contributed by atoms with van der Waals surface area (Å²) in [6.45, 7) is 0. The van der Waals surface area contributed by atoms with E-state index in [4.69, 9.17) is 10.3 Å². The van der Waals surface area contributed by atoms with Crippen LogP contribution in [0.15, 0.2) is 50.0 Å². The van der Waals surface area contributed by atoms with Crippen molar-refractivity contribution in [3.63, 3.8) is 0 Å². The van der Waals surface area contributed by atoms with Gasteiger partial charge in [-0.05, 0) is 39.8 Å². The molecule has 0 spiro atoms. The fourth-order valence-corrected chi connectivity index (χ4v) is 2.20. The van der Waals surface area contributed by atoms with Crippen LogP contribution in [0.3, 0.4) is 0 Å². The van der Waals surface area contributed by atoms with Crippen molar-refractivity contribution in [3.05, 3.63) is 35.3 Å². The Morgan fingerprint density at radius 1 is 1.26 bits per heavy atom. The fraction of sp³-hybridized carbons (Fsp3) is 0. The van der Waals surface area contributed by atoms with Crippen molar-refractivity contribution in [2.45, 2.75) is 10.3 Å². The Labute approximate surface area is 120 Å². The molecule has 0 unspecified atom stereocenters. The van der Waals surface area contributed by atoms with Crippen LogP contribution in [0, 0.1) is 0 Å². The number of nitrogens with two attached hydrogens (primary N) is 1. The molecule has 96 valence electrons. The summed E-state index contributed by atoms with van der Waals surface area (Å²) < 4.78 is 7.38. The highest BCUT2D eigenvalue weighted by Crippen LogP contribution is 2.25. The topological polar surface area (TPSA) is 95.7 Å². The molecule has 3 rings (SSSR count). The van der Waals surface area contributed by atoms with Gasteiger partial charge in [0.25, 0.3) is 0 Å². The minimum Gasteiger partial charge on any atom is -0.461 e. The maximum absolute atomic E-state index is 5.92. The first-order chi connectivity index (χ1) is 9.24. The smallest absolute Gasteiger partial charge is 0.218 e. The predicted octanol–water partition coefficient (Wildman–Crippen LogP) is 1.96. The summed E-state index contributed by atoms with van der Waals surface area (Å²) >= 11 is 4.49. The van der Waals surface area contributed by atoms with Gasteiger partial charge in [-0.1, -0.05) is 0 Å². The molecule has 0 saturated heterocycles. The van der Waals surface area contributed by atoms with Crippen LogP contribution >= 0.6 is 27.7 Å². The first-order valence-corrected chi connectivity index (χ1v) is 6.75. The summed E-state index contributed by atoms with van der Waals surface area (Å²) in [5.74, 6) is 6.92. The van der Waals surface area contributed by atoms with Gasteiger partial charge in [-0.15, -0.1) is 10.2 Å². The monoisotopic (exact) mass is 338 g/mol. The van der Waals surface area contributed by atoms with E-state index in [2.05, 4.69) is 36.1 Å². The third-order valence-corrected chi connectivity index (χ3v) is 3.45. The van der Waals surface area contributed by atoms with E-state index < -0.39 is 0 Å². The molecule has 3 heterocycles. The molecule has 0 aliphatic heterocycles. The summed E-state index contributed by atoms with van der Waals surface area (Å²) in [5, 5.41) is 8.98. The molecular formula is C10H7BrN6OS. The lowest BCUT2D eigenvalue weighted by Crippen LogP contribution is -2.11. The molecule has 3 aromatic heterocycles. The number of halogens is 1. The van der Waals surface area contributed by atoms with Gasteiger partial charge in [-0.2, -0.15) is 0 Å². The average molecular weight is 339 g/mol. The second-order valence-corrected chi connectivity index (χ2v) is 5.29. The van der Waals surface area contributed by atoms with Crippen molar-refractivity contribution in [2.75, 3.05) is 5.84 Å². The second kappa shape index (κ2) is 5.02. The fourth-order valence-electron chi connectivity index (χ4n) is 1.36. The average Bonchev–Trinajstić information content (AvgIpc) is 3.03. The van der Waals surface area contributed by atoms with Gasteiger partial charge in [0.2, 0.25) is 11.0 Å². The summed E-state index contributed by atoms with van der Waals surface area (Å²) in [5.41, 5.74) is 0. The molecule has 19 heavy (non-hydrogen) atoms. The van der Waals surface area contributed by atoms with Gasteiger partial charge in [0.1, 0.15) is 0 Å². The molecule has 0 aliphatic rings. The first kappa shape index (κ1) is 12.2. The van der Waals surface area contributed by atoms with Crippen molar-refractivity contribution >= 4 is 27.7 Å². The highest BCUT2D eigenvalue weighted by atomic mass is 79.9. The Morgan fingerprint density at radius 2 is 2.05 bits per heavy atom. The molecule has 0 radical (unpaired) electrons. The Bertz CT molecular complexity index is 681. The highest BCUT2D eigenvalue weighted by Gasteiger charge is 2.15. The minimum atomic E-state index is 0.449. The van der Waals surface area contributed by atoms with Gasteiger partial charge < -0.3 is 10.3 Å². The molecular weight excluding hydrogens is 332 g/mol. The van der Waals surface area contributed by atoms with E-state index in [0.717, 1.165) is 4.47 Å². The predicted molar refractivity (Wildman–Crippen MR) is 71.7 cm³/mol. The molecule has 0 aromatic carbocycles. The van der Waals surface area contributed by atoms with E-state index in [1.807, 2.05) is 0 Å². The number of hydrogen-bond acceptors (Lipinski definition) is 7. The summed E-state index contributed by atoms with van der Waals surface area (Å²) in [4.78, 5) is 8.26. The molecule has 9 heteroatoms.